The van der Waals surface area contributed by atoms with Crippen molar-refractivity contribution in [2.45, 2.75) is 19.3 Å². The lowest BCUT2D eigenvalue weighted by Gasteiger charge is -2.19. The van der Waals surface area contributed by atoms with E-state index in [-0.39, 0.29) is 6.42 Å². The van der Waals surface area contributed by atoms with Crippen LogP contribution in [0.4, 0.5) is 0 Å². The van der Waals surface area contributed by atoms with E-state index in [4.69, 9.17) is 9.47 Å². The van der Waals surface area contributed by atoms with Gasteiger partial charge in [-0.1, -0.05) is 0 Å². The summed E-state index contributed by atoms with van der Waals surface area (Å²) in [6, 6.07) is 9.33. The highest BCUT2D eigenvalue weighted by Gasteiger charge is 2.25. The minimum absolute atomic E-state index is 0.0782. The molecule has 1 N–H and O–H groups in total. The smallest absolute Gasteiger partial charge is 0.304 e. The standard InChI is InChI=1S/C19H20N2O4/c1-12-6-7-21-16(11-20-18(21)8-12)14(10-19(22)23)15-9-13(24-2)4-5-17(15)25-3/h4-9,11,14H,10H2,1-3H3,(H,22,23). The number of benzene rings is 1. The average molecular weight is 340 g/mol. The number of carbonyl (C=O) groups is 1. The Bertz CT molecular complexity index is 917. The van der Waals surface area contributed by atoms with Crippen molar-refractivity contribution in [2.75, 3.05) is 14.2 Å². The Hall–Kier alpha value is -3.02. The van der Waals surface area contributed by atoms with E-state index in [0.717, 1.165) is 22.5 Å². The van der Waals surface area contributed by atoms with E-state index >= 15 is 0 Å². The second kappa shape index (κ2) is 6.84. The number of carboxylic acid groups (broad SMARTS) is 1. The maximum atomic E-state index is 11.5. The normalized spacial score (nSPS) is 12.1. The van der Waals surface area contributed by atoms with E-state index in [9.17, 15) is 9.90 Å². The molecule has 6 nitrogen and oxygen atoms in total. The van der Waals surface area contributed by atoms with Crippen LogP contribution in [0.3, 0.4) is 0 Å². The Morgan fingerprint density at radius 3 is 2.72 bits per heavy atom. The number of methoxy groups -OCH3 is 2. The number of aliphatic carboxylic acids is 1. The molecule has 3 rings (SSSR count). The molecule has 0 aliphatic rings. The van der Waals surface area contributed by atoms with Crippen LogP contribution in [0.25, 0.3) is 5.65 Å². The molecule has 0 radical (unpaired) electrons. The summed E-state index contributed by atoms with van der Waals surface area (Å²) in [5.74, 6) is -0.0397. The highest BCUT2D eigenvalue weighted by molar-refractivity contribution is 5.69. The summed E-state index contributed by atoms with van der Waals surface area (Å²) in [4.78, 5) is 16.0. The quantitative estimate of drug-likeness (QED) is 0.745. The zero-order chi connectivity index (χ0) is 18.0. The molecule has 25 heavy (non-hydrogen) atoms. The number of ether oxygens (including phenoxy) is 2. The summed E-state index contributed by atoms with van der Waals surface area (Å²) in [5.41, 5.74) is 3.43. The molecule has 130 valence electrons. The van der Waals surface area contributed by atoms with Gasteiger partial charge in [0.15, 0.2) is 0 Å². The topological polar surface area (TPSA) is 73.1 Å². The van der Waals surface area contributed by atoms with Gasteiger partial charge in [0.2, 0.25) is 0 Å². The lowest BCUT2D eigenvalue weighted by Crippen LogP contribution is -2.11. The van der Waals surface area contributed by atoms with Crippen molar-refractivity contribution in [1.82, 2.24) is 9.38 Å². The highest BCUT2D eigenvalue weighted by Crippen LogP contribution is 2.37. The van der Waals surface area contributed by atoms with Gasteiger partial charge in [-0.25, -0.2) is 4.98 Å². The fourth-order valence-electron chi connectivity index (χ4n) is 3.02. The summed E-state index contributed by atoms with van der Waals surface area (Å²) >= 11 is 0. The molecule has 1 atom stereocenters. The largest absolute Gasteiger partial charge is 0.497 e. The van der Waals surface area contributed by atoms with Crippen LogP contribution >= 0.6 is 0 Å². The SMILES string of the molecule is COc1ccc(OC)c(C(CC(=O)O)c2cnc3cc(C)ccn23)c1. The van der Waals surface area contributed by atoms with Crippen LogP contribution < -0.4 is 9.47 Å². The second-order valence-corrected chi connectivity index (χ2v) is 5.87. The van der Waals surface area contributed by atoms with Crippen molar-refractivity contribution < 1.29 is 19.4 Å². The molecule has 6 heteroatoms. The molecule has 0 aliphatic carbocycles. The van der Waals surface area contributed by atoms with Gasteiger partial charge < -0.3 is 19.0 Å². The summed E-state index contributed by atoms with van der Waals surface area (Å²) in [6.07, 6.45) is 3.56. The summed E-state index contributed by atoms with van der Waals surface area (Å²) in [7, 11) is 3.15. The second-order valence-electron chi connectivity index (χ2n) is 5.87. The molecule has 0 spiro atoms. The molecule has 0 saturated carbocycles. The Labute approximate surface area is 145 Å². The fraction of sp³-hybridized carbons (Fsp3) is 0.263. The number of imidazole rings is 1. The third-order valence-corrected chi connectivity index (χ3v) is 4.25. The zero-order valence-electron chi connectivity index (χ0n) is 14.4. The van der Waals surface area contributed by atoms with Crippen molar-refractivity contribution in [3.8, 4) is 11.5 Å². The number of hydrogen-bond donors (Lipinski definition) is 1. The average Bonchev–Trinajstić information content (AvgIpc) is 3.01. The predicted octanol–water partition coefficient (Wildman–Crippen LogP) is 3.27. The number of carboxylic acids is 1. The van der Waals surface area contributed by atoms with E-state index in [1.54, 1.807) is 32.5 Å². The predicted molar refractivity (Wildman–Crippen MR) is 93.6 cm³/mol. The molecule has 0 bridgehead atoms. The molecular weight excluding hydrogens is 320 g/mol. The molecule has 0 amide bonds. The first-order valence-electron chi connectivity index (χ1n) is 7.90. The van der Waals surface area contributed by atoms with Crippen molar-refractivity contribution in [1.29, 1.82) is 0 Å². The highest BCUT2D eigenvalue weighted by atomic mass is 16.5. The summed E-state index contributed by atoms with van der Waals surface area (Å²) < 4.78 is 12.7. The first-order valence-corrected chi connectivity index (χ1v) is 7.90. The van der Waals surface area contributed by atoms with E-state index < -0.39 is 11.9 Å². The molecule has 1 unspecified atom stereocenters. The van der Waals surface area contributed by atoms with Gasteiger partial charge >= 0.3 is 5.97 Å². The molecule has 2 aromatic heterocycles. The van der Waals surface area contributed by atoms with E-state index in [1.807, 2.05) is 35.7 Å². The zero-order valence-corrected chi connectivity index (χ0v) is 14.4. The molecule has 2 heterocycles. The van der Waals surface area contributed by atoms with Crippen LogP contribution in [0.2, 0.25) is 0 Å². The van der Waals surface area contributed by atoms with Crippen molar-refractivity contribution in [3.63, 3.8) is 0 Å². The van der Waals surface area contributed by atoms with Gasteiger partial charge in [0.1, 0.15) is 17.1 Å². The van der Waals surface area contributed by atoms with Gasteiger partial charge in [0.05, 0.1) is 26.3 Å². The van der Waals surface area contributed by atoms with Gasteiger partial charge in [-0.15, -0.1) is 0 Å². The van der Waals surface area contributed by atoms with Gasteiger partial charge in [0.25, 0.3) is 0 Å². The molecular formula is C19H20N2O4. The number of fused-ring (bicyclic) bond motifs is 1. The van der Waals surface area contributed by atoms with Crippen LogP contribution in [0.5, 0.6) is 11.5 Å². The summed E-state index contributed by atoms with van der Waals surface area (Å²) in [5, 5.41) is 9.45. The third-order valence-electron chi connectivity index (χ3n) is 4.25. The Morgan fingerprint density at radius 2 is 2.04 bits per heavy atom. The lowest BCUT2D eigenvalue weighted by atomic mass is 9.91. The van der Waals surface area contributed by atoms with Crippen LogP contribution in [0.1, 0.15) is 29.2 Å². The molecule has 1 aromatic carbocycles. The molecule has 0 saturated heterocycles. The van der Waals surface area contributed by atoms with E-state index in [2.05, 4.69) is 4.98 Å². The van der Waals surface area contributed by atoms with Gasteiger partial charge in [-0.3, -0.25) is 4.79 Å². The monoisotopic (exact) mass is 340 g/mol. The molecule has 3 aromatic rings. The van der Waals surface area contributed by atoms with Gasteiger partial charge in [0, 0.05) is 23.9 Å². The van der Waals surface area contributed by atoms with Crippen LogP contribution in [0.15, 0.2) is 42.7 Å². The first kappa shape index (κ1) is 16.8. The number of aromatic nitrogens is 2. The number of nitrogens with zero attached hydrogens (tertiary/aromatic N) is 2. The number of pyridine rings is 1. The van der Waals surface area contributed by atoms with E-state index in [0.29, 0.717) is 11.5 Å². The Balaban J connectivity index is 2.19. The van der Waals surface area contributed by atoms with E-state index in [1.165, 1.54) is 0 Å². The minimum Gasteiger partial charge on any atom is -0.497 e. The molecule has 0 fully saturated rings. The van der Waals surface area contributed by atoms with Crippen molar-refractivity contribution in [2.24, 2.45) is 0 Å². The Morgan fingerprint density at radius 1 is 1.24 bits per heavy atom. The van der Waals surface area contributed by atoms with Crippen molar-refractivity contribution >= 4 is 11.6 Å². The van der Waals surface area contributed by atoms with Crippen molar-refractivity contribution in [3.05, 3.63) is 59.5 Å². The maximum absolute atomic E-state index is 11.5. The third kappa shape index (κ3) is 3.28. The maximum Gasteiger partial charge on any atom is 0.304 e. The minimum atomic E-state index is -0.892. The number of aryl methyl sites for hydroxylation is 1. The molecule has 0 aliphatic heterocycles. The van der Waals surface area contributed by atoms with Crippen LogP contribution in [-0.4, -0.2) is 34.7 Å². The summed E-state index contributed by atoms with van der Waals surface area (Å²) in [6.45, 7) is 1.99. The van der Waals surface area contributed by atoms with Gasteiger partial charge in [-0.2, -0.15) is 0 Å². The van der Waals surface area contributed by atoms with Crippen LogP contribution in [0, 0.1) is 6.92 Å². The number of rotatable bonds is 6. The lowest BCUT2D eigenvalue weighted by molar-refractivity contribution is -0.137. The fourth-order valence-corrected chi connectivity index (χ4v) is 3.02. The van der Waals surface area contributed by atoms with Gasteiger partial charge in [-0.05, 0) is 42.8 Å². The number of hydrogen-bond acceptors (Lipinski definition) is 4. The van der Waals surface area contributed by atoms with Crippen LogP contribution in [-0.2, 0) is 4.79 Å². The first-order chi connectivity index (χ1) is 12.0. The Kier molecular flexibility index (Phi) is 4.61.